The highest BCUT2D eigenvalue weighted by Gasteiger charge is 2.02. The largest absolute Gasteiger partial charge is 0.494 e. The number of rotatable bonds is 6. The molecule has 0 atom stereocenters. The molecule has 92 valence electrons. The third kappa shape index (κ3) is 4.56. The van der Waals surface area contributed by atoms with Gasteiger partial charge in [-0.3, -0.25) is 9.59 Å². The maximum absolute atomic E-state index is 10.9. The average Bonchev–Trinajstić information content (AvgIpc) is 2.36. The highest BCUT2D eigenvalue weighted by Crippen LogP contribution is 2.21. The van der Waals surface area contributed by atoms with Crippen LogP contribution >= 0.6 is 15.9 Å². The van der Waals surface area contributed by atoms with Crippen LogP contribution in [0.3, 0.4) is 0 Å². The standard InChI is InChI=1S/C12H14BrNO3/c1-14-12(16)3-2-6-17-10-4-5-11(13)9(7-10)8-15/h4-5,7-8H,2-3,6H2,1H3,(H,14,16). The van der Waals surface area contributed by atoms with Gasteiger partial charge in [0, 0.05) is 23.5 Å². The van der Waals surface area contributed by atoms with E-state index >= 15 is 0 Å². The first-order valence-corrected chi connectivity index (χ1v) is 6.04. The number of nitrogens with one attached hydrogen (secondary N) is 1. The van der Waals surface area contributed by atoms with Gasteiger partial charge in [0.2, 0.25) is 5.91 Å². The van der Waals surface area contributed by atoms with E-state index in [1.165, 1.54) is 0 Å². The van der Waals surface area contributed by atoms with Crippen molar-refractivity contribution in [1.82, 2.24) is 5.32 Å². The van der Waals surface area contributed by atoms with Gasteiger partial charge in [-0.2, -0.15) is 0 Å². The Morgan fingerprint density at radius 2 is 2.29 bits per heavy atom. The van der Waals surface area contributed by atoms with Gasteiger partial charge in [0.1, 0.15) is 5.75 Å². The zero-order valence-electron chi connectivity index (χ0n) is 9.53. The third-order valence-corrected chi connectivity index (χ3v) is 2.91. The molecule has 1 rings (SSSR count). The SMILES string of the molecule is CNC(=O)CCCOc1ccc(Br)c(C=O)c1. The van der Waals surface area contributed by atoms with E-state index in [-0.39, 0.29) is 5.91 Å². The van der Waals surface area contributed by atoms with E-state index < -0.39 is 0 Å². The summed E-state index contributed by atoms with van der Waals surface area (Å²) in [5.74, 6) is 0.630. The van der Waals surface area contributed by atoms with Crippen LogP contribution in [0.2, 0.25) is 0 Å². The molecule has 1 amide bonds. The maximum atomic E-state index is 10.9. The lowest BCUT2D eigenvalue weighted by Gasteiger charge is -2.07. The minimum absolute atomic E-state index is 0.00186. The Morgan fingerprint density at radius 1 is 1.53 bits per heavy atom. The first kappa shape index (κ1) is 13.7. The van der Waals surface area contributed by atoms with E-state index in [0.29, 0.717) is 30.8 Å². The quantitative estimate of drug-likeness (QED) is 0.647. The van der Waals surface area contributed by atoms with Crippen molar-refractivity contribution in [3.63, 3.8) is 0 Å². The lowest BCUT2D eigenvalue weighted by atomic mass is 10.2. The van der Waals surface area contributed by atoms with Crippen molar-refractivity contribution in [3.8, 4) is 5.75 Å². The molecule has 0 saturated carbocycles. The van der Waals surface area contributed by atoms with Gasteiger partial charge >= 0.3 is 0 Å². The van der Waals surface area contributed by atoms with Crippen molar-refractivity contribution < 1.29 is 14.3 Å². The van der Waals surface area contributed by atoms with E-state index in [0.717, 1.165) is 10.8 Å². The summed E-state index contributed by atoms with van der Waals surface area (Å²) in [6, 6.07) is 5.20. The van der Waals surface area contributed by atoms with Gasteiger partial charge in [-0.05, 0) is 24.6 Å². The molecule has 1 aromatic rings. The highest BCUT2D eigenvalue weighted by molar-refractivity contribution is 9.10. The van der Waals surface area contributed by atoms with E-state index in [1.807, 2.05) is 0 Å². The molecule has 0 bridgehead atoms. The number of halogens is 1. The second kappa shape index (κ2) is 7.06. The predicted octanol–water partition coefficient (Wildman–Crippen LogP) is 2.17. The summed E-state index contributed by atoms with van der Waals surface area (Å²) in [4.78, 5) is 21.6. The molecule has 0 unspecified atom stereocenters. The molecule has 1 N–H and O–H groups in total. The molecule has 0 spiro atoms. The van der Waals surface area contributed by atoms with Crippen LogP contribution in [0, 0.1) is 0 Å². The number of carbonyl (C=O) groups is 2. The molecule has 5 heteroatoms. The van der Waals surface area contributed by atoms with E-state index in [9.17, 15) is 9.59 Å². The van der Waals surface area contributed by atoms with Gasteiger partial charge in [-0.1, -0.05) is 15.9 Å². The van der Waals surface area contributed by atoms with Gasteiger partial charge in [0.15, 0.2) is 6.29 Å². The summed E-state index contributed by atoms with van der Waals surface area (Å²) >= 11 is 3.26. The molecular weight excluding hydrogens is 286 g/mol. The zero-order valence-corrected chi connectivity index (χ0v) is 11.1. The monoisotopic (exact) mass is 299 g/mol. The first-order valence-electron chi connectivity index (χ1n) is 5.25. The summed E-state index contributed by atoms with van der Waals surface area (Å²) < 4.78 is 6.18. The van der Waals surface area contributed by atoms with E-state index in [1.54, 1.807) is 25.2 Å². The van der Waals surface area contributed by atoms with Crippen LogP contribution in [-0.4, -0.2) is 25.8 Å². The lowest BCUT2D eigenvalue weighted by Crippen LogP contribution is -2.18. The Labute approximate surface area is 108 Å². The number of hydrogen-bond donors (Lipinski definition) is 1. The third-order valence-electron chi connectivity index (χ3n) is 2.19. The smallest absolute Gasteiger partial charge is 0.219 e. The number of hydrogen-bond acceptors (Lipinski definition) is 3. The summed E-state index contributed by atoms with van der Waals surface area (Å²) in [7, 11) is 1.61. The summed E-state index contributed by atoms with van der Waals surface area (Å²) in [6.45, 7) is 0.452. The highest BCUT2D eigenvalue weighted by atomic mass is 79.9. The van der Waals surface area contributed by atoms with Crippen LogP contribution in [0.1, 0.15) is 23.2 Å². The molecule has 1 aromatic carbocycles. The molecule has 0 aromatic heterocycles. The Hall–Kier alpha value is -1.36. The van der Waals surface area contributed by atoms with Crippen molar-refractivity contribution in [1.29, 1.82) is 0 Å². The molecule has 0 aliphatic heterocycles. The Bertz CT molecular complexity index is 407. The minimum atomic E-state index is -0.00186. The molecule has 0 aliphatic rings. The van der Waals surface area contributed by atoms with Gasteiger partial charge in [-0.15, -0.1) is 0 Å². The number of carbonyl (C=O) groups excluding carboxylic acids is 2. The van der Waals surface area contributed by atoms with Crippen molar-refractivity contribution >= 4 is 28.1 Å². The van der Waals surface area contributed by atoms with Gasteiger partial charge in [-0.25, -0.2) is 0 Å². The summed E-state index contributed by atoms with van der Waals surface area (Å²) in [5.41, 5.74) is 0.550. The van der Waals surface area contributed by atoms with Crippen LogP contribution in [0.4, 0.5) is 0 Å². The number of benzene rings is 1. The molecular formula is C12H14BrNO3. The van der Waals surface area contributed by atoms with Gasteiger partial charge in [0.05, 0.1) is 6.61 Å². The van der Waals surface area contributed by atoms with Crippen molar-refractivity contribution in [2.24, 2.45) is 0 Å². The molecule has 0 radical (unpaired) electrons. The molecule has 17 heavy (non-hydrogen) atoms. The van der Waals surface area contributed by atoms with Crippen LogP contribution < -0.4 is 10.1 Å². The Kier molecular flexibility index (Phi) is 5.69. The zero-order chi connectivity index (χ0) is 12.7. The topological polar surface area (TPSA) is 55.4 Å². The molecule has 0 aliphatic carbocycles. The summed E-state index contributed by atoms with van der Waals surface area (Å²) in [5, 5.41) is 2.54. The Morgan fingerprint density at radius 3 is 2.94 bits per heavy atom. The second-order valence-corrected chi connectivity index (χ2v) is 4.28. The van der Waals surface area contributed by atoms with Crippen molar-refractivity contribution in [2.75, 3.05) is 13.7 Å². The van der Waals surface area contributed by atoms with Gasteiger partial charge < -0.3 is 10.1 Å². The minimum Gasteiger partial charge on any atom is -0.494 e. The molecule has 0 fully saturated rings. The summed E-state index contributed by atoms with van der Waals surface area (Å²) in [6.07, 6.45) is 1.85. The van der Waals surface area contributed by atoms with Crippen LogP contribution in [0.25, 0.3) is 0 Å². The number of aldehydes is 1. The van der Waals surface area contributed by atoms with Crippen LogP contribution in [0.5, 0.6) is 5.75 Å². The maximum Gasteiger partial charge on any atom is 0.219 e. The van der Waals surface area contributed by atoms with Gasteiger partial charge in [0.25, 0.3) is 0 Å². The Balaban J connectivity index is 2.42. The number of amides is 1. The van der Waals surface area contributed by atoms with Crippen molar-refractivity contribution in [2.45, 2.75) is 12.8 Å². The molecule has 0 heterocycles. The normalized spacial score (nSPS) is 9.76. The molecule has 4 nitrogen and oxygen atoms in total. The second-order valence-electron chi connectivity index (χ2n) is 3.43. The van der Waals surface area contributed by atoms with Crippen molar-refractivity contribution in [3.05, 3.63) is 28.2 Å². The van der Waals surface area contributed by atoms with E-state index in [4.69, 9.17) is 4.74 Å². The predicted molar refractivity (Wildman–Crippen MR) is 68.3 cm³/mol. The fourth-order valence-electron chi connectivity index (χ4n) is 1.25. The lowest BCUT2D eigenvalue weighted by molar-refractivity contribution is -0.120. The number of ether oxygens (including phenoxy) is 1. The molecule has 0 saturated heterocycles. The van der Waals surface area contributed by atoms with E-state index in [2.05, 4.69) is 21.2 Å². The van der Waals surface area contributed by atoms with Crippen LogP contribution in [0.15, 0.2) is 22.7 Å². The first-order chi connectivity index (χ1) is 8.17. The average molecular weight is 300 g/mol. The fourth-order valence-corrected chi connectivity index (χ4v) is 1.59. The fraction of sp³-hybridized carbons (Fsp3) is 0.333. The van der Waals surface area contributed by atoms with Crippen LogP contribution in [-0.2, 0) is 4.79 Å².